The van der Waals surface area contributed by atoms with Gasteiger partial charge in [0.2, 0.25) is 5.65 Å². The van der Waals surface area contributed by atoms with Gasteiger partial charge < -0.3 is 14.9 Å². The van der Waals surface area contributed by atoms with Crippen LogP contribution in [0.2, 0.25) is 0 Å². The number of rotatable bonds is 2. The molecule has 0 radical (unpaired) electrons. The van der Waals surface area contributed by atoms with Crippen LogP contribution >= 0.6 is 0 Å². The standard InChI is InChI=1S/C15H18N6O/c1-19-4-6-20(7-5-19)14-15-18-16-10-21(15)13-8-11(9-22)2-3-12(13)17-14/h2-3,8,10,22H,4-7,9H2,1H3. The van der Waals surface area contributed by atoms with E-state index >= 15 is 0 Å². The predicted molar refractivity (Wildman–Crippen MR) is 83.9 cm³/mol. The number of anilines is 1. The molecule has 1 fully saturated rings. The molecule has 114 valence electrons. The molecule has 0 saturated carbocycles. The smallest absolute Gasteiger partial charge is 0.204 e. The first-order valence-corrected chi connectivity index (χ1v) is 7.43. The highest BCUT2D eigenvalue weighted by Gasteiger charge is 2.20. The third-order valence-electron chi connectivity index (χ3n) is 4.26. The van der Waals surface area contributed by atoms with Crippen LogP contribution in [0.5, 0.6) is 0 Å². The Morgan fingerprint density at radius 3 is 2.77 bits per heavy atom. The van der Waals surface area contributed by atoms with Crippen molar-refractivity contribution in [3.8, 4) is 0 Å². The number of benzene rings is 1. The molecule has 1 N–H and O–H groups in total. The van der Waals surface area contributed by atoms with Crippen LogP contribution in [0.4, 0.5) is 5.82 Å². The van der Waals surface area contributed by atoms with Crippen LogP contribution in [0.1, 0.15) is 5.56 Å². The van der Waals surface area contributed by atoms with Gasteiger partial charge in [0, 0.05) is 26.2 Å². The highest BCUT2D eigenvalue weighted by atomic mass is 16.3. The fourth-order valence-electron chi connectivity index (χ4n) is 2.91. The molecule has 22 heavy (non-hydrogen) atoms. The van der Waals surface area contributed by atoms with Crippen LogP contribution in [-0.2, 0) is 6.61 Å². The largest absolute Gasteiger partial charge is 0.392 e. The number of hydrogen-bond acceptors (Lipinski definition) is 6. The Bertz CT molecular complexity index is 821. The van der Waals surface area contributed by atoms with E-state index in [0.717, 1.165) is 54.2 Å². The summed E-state index contributed by atoms with van der Waals surface area (Å²) in [5, 5.41) is 17.6. The van der Waals surface area contributed by atoms with E-state index in [4.69, 9.17) is 4.98 Å². The minimum Gasteiger partial charge on any atom is -0.392 e. The Morgan fingerprint density at radius 2 is 2.00 bits per heavy atom. The summed E-state index contributed by atoms with van der Waals surface area (Å²) in [5.41, 5.74) is 3.44. The van der Waals surface area contributed by atoms with Crippen LogP contribution in [0.3, 0.4) is 0 Å². The second-order valence-corrected chi connectivity index (χ2v) is 5.73. The average molecular weight is 298 g/mol. The maximum atomic E-state index is 9.33. The lowest BCUT2D eigenvalue weighted by Gasteiger charge is -2.33. The lowest BCUT2D eigenvalue weighted by Crippen LogP contribution is -2.45. The first-order valence-electron chi connectivity index (χ1n) is 7.43. The summed E-state index contributed by atoms with van der Waals surface area (Å²) >= 11 is 0. The molecule has 2 aromatic heterocycles. The molecule has 1 saturated heterocycles. The quantitative estimate of drug-likeness (QED) is 0.744. The van der Waals surface area contributed by atoms with Crippen molar-refractivity contribution in [1.82, 2.24) is 24.5 Å². The lowest BCUT2D eigenvalue weighted by atomic mass is 10.2. The number of likely N-dealkylation sites (N-methyl/N-ethyl adjacent to an activating group) is 1. The fraction of sp³-hybridized carbons (Fsp3) is 0.400. The van der Waals surface area contributed by atoms with Crippen LogP contribution in [0.15, 0.2) is 24.5 Å². The number of aliphatic hydroxyl groups is 1. The van der Waals surface area contributed by atoms with Gasteiger partial charge >= 0.3 is 0 Å². The molecular weight excluding hydrogens is 280 g/mol. The predicted octanol–water partition coefficient (Wildman–Crippen LogP) is 0.522. The van der Waals surface area contributed by atoms with E-state index in [1.165, 1.54) is 0 Å². The van der Waals surface area contributed by atoms with Crippen LogP contribution in [0.25, 0.3) is 16.7 Å². The Kier molecular flexibility index (Phi) is 3.16. The van der Waals surface area contributed by atoms with Crippen molar-refractivity contribution in [3.63, 3.8) is 0 Å². The first-order chi connectivity index (χ1) is 10.8. The average Bonchev–Trinajstić information content (AvgIpc) is 3.04. The topological polar surface area (TPSA) is 69.8 Å². The van der Waals surface area contributed by atoms with Crippen molar-refractivity contribution in [1.29, 1.82) is 0 Å². The molecule has 0 aliphatic carbocycles. The molecular formula is C15H18N6O. The van der Waals surface area contributed by atoms with Crippen molar-refractivity contribution in [3.05, 3.63) is 30.1 Å². The SMILES string of the molecule is CN1CCN(c2nc3ccc(CO)cc3n3cnnc23)CC1. The Hall–Kier alpha value is -2.25. The summed E-state index contributed by atoms with van der Waals surface area (Å²) in [5.74, 6) is 0.884. The van der Waals surface area contributed by atoms with E-state index in [2.05, 4.69) is 27.0 Å². The van der Waals surface area contributed by atoms with E-state index in [-0.39, 0.29) is 6.61 Å². The Labute approximate surface area is 127 Å². The number of aromatic nitrogens is 4. The number of nitrogens with zero attached hydrogens (tertiary/aromatic N) is 6. The first kappa shape index (κ1) is 13.4. The van der Waals surface area contributed by atoms with E-state index in [9.17, 15) is 5.11 Å². The van der Waals surface area contributed by atoms with E-state index in [1.54, 1.807) is 6.33 Å². The number of hydrogen-bond donors (Lipinski definition) is 1. The molecule has 1 aliphatic rings. The number of aliphatic hydroxyl groups excluding tert-OH is 1. The number of piperazine rings is 1. The van der Waals surface area contributed by atoms with Gasteiger partial charge in [-0.1, -0.05) is 6.07 Å². The van der Waals surface area contributed by atoms with Gasteiger partial charge in [0.25, 0.3) is 0 Å². The van der Waals surface area contributed by atoms with Crippen LogP contribution in [-0.4, -0.2) is 62.8 Å². The summed E-state index contributed by atoms with van der Waals surface area (Å²) in [7, 11) is 2.13. The van der Waals surface area contributed by atoms with Crippen molar-refractivity contribution in [2.75, 3.05) is 38.1 Å². The highest BCUT2D eigenvalue weighted by Crippen LogP contribution is 2.24. The van der Waals surface area contributed by atoms with Gasteiger partial charge in [-0.15, -0.1) is 10.2 Å². The second kappa shape index (κ2) is 5.19. The molecule has 3 aromatic rings. The Balaban J connectivity index is 1.89. The molecule has 0 atom stereocenters. The molecule has 1 aliphatic heterocycles. The minimum absolute atomic E-state index is 0.0137. The molecule has 7 nitrogen and oxygen atoms in total. The fourth-order valence-corrected chi connectivity index (χ4v) is 2.91. The summed E-state index contributed by atoms with van der Waals surface area (Å²) in [6, 6.07) is 5.78. The molecule has 0 amide bonds. The summed E-state index contributed by atoms with van der Waals surface area (Å²) < 4.78 is 1.95. The molecule has 0 unspecified atom stereocenters. The van der Waals surface area contributed by atoms with Crippen molar-refractivity contribution in [2.45, 2.75) is 6.61 Å². The van der Waals surface area contributed by atoms with Gasteiger partial charge in [-0.25, -0.2) is 4.98 Å². The Morgan fingerprint density at radius 1 is 1.18 bits per heavy atom. The molecule has 1 aromatic carbocycles. The van der Waals surface area contributed by atoms with Crippen molar-refractivity contribution in [2.24, 2.45) is 0 Å². The van der Waals surface area contributed by atoms with Crippen LogP contribution in [0, 0.1) is 0 Å². The minimum atomic E-state index is 0.0137. The van der Waals surface area contributed by atoms with E-state index < -0.39 is 0 Å². The highest BCUT2D eigenvalue weighted by molar-refractivity contribution is 5.83. The van der Waals surface area contributed by atoms with Crippen molar-refractivity contribution < 1.29 is 5.11 Å². The molecule has 3 heterocycles. The molecule has 4 rings (SSSR count). The number of fused-ring (bicyclic) bond motifs is 3. The summed E-state index contributed by atoms with van der Waals surface area (Å²) in [6.45, 7) is 3.92. The monoisotopic (exact) mass is 298 g/mol. The maximum Gasteiger partial charge on any atom is 0.204 e. The molecule has 7 heteroatoms. The zero-order valence-corrected chi connectivity index (χ0v) is 12.5. The van der Waals surface area contributed by atoms with Gasteiger partial charge in [0.15, 0.2) is 5.82 Å². The lowest BCUT2D eigenvalue weighted by molar-refractivity contribution is 0.282. The third-order valence-corrected chi connectivity index (χ3v) is 4.26. The maximum absolute atomic E-state index is 9.33. The van der Waals surface area contributed by atoms with Gasteiger partial charge in [-0.2, -0.15) is 0 Å². The van der Waals surface area contributed by atoms with Gasteiger partial charge in [-0.05, 0) is 24.7 Å². The van der Waals surface area contributed by atoms with E-state index in [1.807, 2.05) is 22.6 Å². The van der Waals surface area contributed by atoms with Gasteiger partial charge in [0.1, 0.15) is 6.33 Å². The van der Waals surface area contributed by atoms with Gasteiger partial charge in [-0.3, -0.25) is 4.40 Å². The van der Waals surface area contributed by atoms with Gasteiger partial charge in [0.05, 0.1) is 17.6 Å². The van der Waals surface area contributed by atoms with Crippen molar-refractivity contribution >= 4 is 22.5 Å². The molecule has 0 spiro atoms. The third kappa shape index (κ3) is 2.10. The zero-order valence-electron chi connectivity index (χ0n) is 12.5. The zero-order chi connectivity index (χ0) is 15.1. The van der Waals surface area contributed by atoms with E-state index in [0.29, 0.717) is 0 Å². The second-order valence-electron chi connectivity index (χ2n) is 5.73. The molecule has 0 bridgehead atoms. The summed E-state index contributed by atoms with van der Waals surface area (Å²) in [6.07, 6.45) is 1.71. The summed E-state index contributed by atoms with van der Waals surface area (Å²) in [4.78, 5) is 9.38. The normalized spacial score (nSPS) is 16.7. The van der Waals surface area contributed by atoms with Crippen LogP contribution < -0.4 is 4.90 Å².